The smallest absolute Gasteiger partial charge is 0.222 e. The molecule has 1 atom stereocenters. The van der Waals surface area contributed by atoms with Crippen molar-refractivity contribution in [2.45, 2.75) is 38.1 Å². The van der Waals surface area contributed by atoms with Crippen LogP contribution in [0.2, 0.25) is 0 Å². The van der Waals surface area contributed by atoms with Crippen LogP contribution in [-0.4, -0.2) is 11.9 Å². The first-order valence-corrected chi connectivity index (χ1v) is 5.43. The van der Waals surface area contributed by atoms with E-state index in [0.29, 0.717) is 12.5 Å². The molecule has 0 spiro atoms. The molecule has 1 aromatic carbocycles. The number of benzene rings is 1. The van der Waals surface area contributed by atoms with Gasteiger partial charge in [-0.25, -0.2) is 0 Å². The predicted molar refractivity (Wildman–Crippen MR) is 60.6 cm³/mol. The molecule has 1 aliphatic rings. The third kappa shape index (κ3) is 2.20. The molecular weight excluding hydrogens is 186 g/mol. The highest BCUT2D eigenvalue weighted by atomic mass is 16.2. The minimum absolute atomic E-state index is 0.139. The highest BCUT2D eigenvalue weighted by molar-refractivity contribution is 5.82. The molecule has 80 valence electrons. The van der Waals surface area contributed by atoms with Crippen molar-refractivity contribution < 1.29 is 4.79 Å². The van der Waals surface area contributed by atoms with Gasteiger partial charge in [-0.1, -0.05) is 44.2 Å². The van der Waals surface area contributed by atoms with E-state index in [9.17, 15) is 4.79 Å². The molecule has 1 amide bonds. The Bertz CT molecular complexity index is 348. The Morgan fingerprint density at radius 3 is 2.47 bits per heavy atom. The normalized spacial score (nSPS) is 20.7. The van der Waals surface area contributed by atoms with E-state index in [1.165, 1.54) is 5.56 Å². The highest BCUT2D eigenvalue weighted by Gasteiger charge is 2.32. The third-order valence-electron chi connectivity index (χ3n) is 3.11. The van der Waals surface area contributed by atoms with Crippen molar-refractivity contribution in [3.63, 3.8) is 0 Å². The van der Waals surface area contributed by atoms with Crippen LogP contribution in [0.5, 0.6) is 0 Å². The van der Waals surface area contributed by atoms with Gasteiger partial charge < -0.3 is 5.32 Å². The summed E-state index contributed by atoms with van der Waals surface area (Å²) in [5, 5.41) is 2.93. The van der Waals surface area contributed by atoms with Crippen LogP contribution in [0.3, 0.4) is 0 Å². The Morgan fingerprint density at radius 2 is 1.93 bits per heavy atom. The largest absolute Gasteiger partial charge is 0.353 e. The van der Waals surface area contributed by atoms with Gasteiger partial charge in [0.1, 0.15) is 0 Å². The van der Waals surface area contributed by atoms with Gasteiger partial charge in [-0.15, -0.1) is 0 Å². The van der Waals surface area contributed by atoms with Gasteiger partial charge in [0, 0.05) is 12.5 Å². The second kappa shape index (κ2) is 3.69. The Hall–Kier alpha value is -1.31. The van der Waals surface area contributed by atoms with Crippen LogP contribution >= 0.6 is 0 Å². The lowest BCUT2D eigenvalue weighted by atomic mass is 9.77. The number of hydrogen-bond donors (Lipinski definition) is 1. The molecule has 0 saturated carbocycles. The van der Waals surface area contributed by atoms with Crippen molar-refractivity contribution in [2.75, 3.05) is 0 Å². The molecule has 2 heteroatoms. The quantitative estimate of drug-likeness (QED) is 0.750. The minimum atomic E-state index is 0.139. The first kappa shape index (κ1) is 10.2. The zero-order valence-corrected chi connectivity index (χ0v) is 9.29. The molecule has 0 aliphatic carbocycles. The topological polar surface area (TPSA) is 29.1 Å². The zero-order chi connectivity index (χ0) is 10.9. The first-order valence-electron chi connectivity index (χ1n) is 5.43. The Kier molecular flexibility index (Phi) is 2.51. The fraction of sp³-hybridized carbons (Fsp3) is 0.462. The van der Waals surface area contributed by atoms with Gasteiger partial charge in [-0.05, 0) is 17.4 Å². The number of β-lactam (4-membered cyclic amide) rings is 1. The number of carbonyl (C=O) groups excluding carboxylic acids is 1. The molecule has 0 bridgehead atoms. The molecule has 2 nitrogen and oxygen atoms in total. The van der Waals surface area contributed by atoms with Crippen molar-refractivity contribution in [3.05, 3.63) is 35.9 Å². The van der Waals surface area contributed by atoms with Gasteiger partial charge in [-0.3, -0.25) is 4.79 Å². The summed E-state index contributed by atoms with van der Waals surface area (Å²) in [7, 11) is 0. The fourth-order valence-corrected chi connectivity index (χ4v) is 2.18. The van der Waals surface area contributed by atoms with Crippen LogP contribution in [0.15, 0.2) is 30.3 Å². The fourth-order valence-electron chi connectivity index (χ4n) is 2.18. The lowest BCUT2D eigenvalue weighted by Crippen LogP contribution is -2.50. The van der Waals surface area contributed by atoms with E-state index >= 15 is 0 Å². The summed E-state index contributed by atoms with van der Waals surface area (Å²) in [5.41, 5.74) is 1.48. The van der Waals surface area contributed by atoms with E-state index in [2.05, 4.69) is 43.4 Å². The summed E-state index contributed by atoms with van der Waals surface area (Å²) >= 11 is 0. The van der Waals surface area contributed by atoms with Crippen molar-refractivity contribution in [1.82, 2.24) is 5.32 Å². The molecule has 1 aromatic rings. The van der Waals surface area contributed by atoms with Crippen molar-refractivity contribution in [2.24, 2.45) is 0 Å². The summed E-state index contributed by atoms with van der Waals surface area (Å²) < 4.78 is 0. The second-order valence-electron chi connectivity index (χ2n) is 4.92. The number of amides is 1. The average Bonchev–Trinajstić information content (AvgIpc) is 2.17. The lowest BCUT2D eigenvalue weighted by molar-refractivity contribution is -0.128. The summed E-state index contributed by atoms with van der Waals surface area (Å²) in [6.45, 7) is 4.46. The van der Waals surface area contributed by atoms with Crippen molar-refractivity contribution in [1.29, 1.82) is 0 Å². The van der Waals surface area contributed by atoms with E-state index in [-0.39, 0.29) is 11.3 Å². The van der Waals surface area contributed by atoms with Crippen LogP contribution in [0.25, 0.3) is 0 Å². The number of hydrogen-bond acceptors (Lipinski definition) is 1. The van der Waals surface area contributed by atoms with Crippen molar-refractivity contribution in [3.8, 4) is 0 Å². The van der Waals surface area contributed by atoms with Crippen LogP contribution in [-0.2, 0) is 10.2 Å². The number of nitrogens with one attached hydrogen (secondary N) is 1. The van der Waals surface area contributed by atoms with Crippen LogP contribution in [0.1, 0.15) is 32.3 Å². The van der Waals surface area contributed by atoms with Gasteiger partial charge in [0.2, 0.25) is 5.91 Å². The summed E-state index contributed by atoms with van der Waals surface area (Å²) in [6, 6.07) is 10.8. The lowest BCUT2D eigenvalue weighted by Gasteiger charge is -2.35. The first-order chi connectivity index (χ1) is 7.08. The molecule has 15 heavy (non-hydrogen) atoms. The van der Waals surface area contributed by atoms with E-state index < -0.39 is 0 Å². The van der Waals surface area contributed by atoms with E-state index in [1.54, 1.807) is 0 Å². The van der Waals surface area contributed by atoms with Gasteiger partial charge >= 0.3 is 0 Å². The van der Waals surface area contributed by atoms with E-state index in [0.717, 1.165) is 6.42 Å². The summed E-state index contributed by atoms with van der Waals surface area (Å²) in [6.07, 6.45) is 1.71. The van der Waals surface area contributed by atoms with Crippen LogP contribution in [0.4, 0.5) is 0 Å². The van der Waals surface area contributed by atoms with Gasteiger partial charge in [-0.2, -0.15) is 0 Å². The zero-order valence-electron chi connectivity index (χ0n) is 9.29. The SMILES string of the molecule is CC(C)(CC1CC(=O)N1)c1ccccc1. The molecule has 0 aromatic heterocycles. The van der Waals surface area contributed by atoms with Crippen molar-refractivity contribution >= 4 is 5.91 Å². The van der Waals surface area contributed by atoms with Gasteiger partial charge in [0.15, 0.2) is 0 Å². The van der Waals surface area contributed by atoms with Gasteiger partial charge in [0.25, 0.3) is 0 Å². The standard InChI is InChI=1S/C13H17NO/c1-13(2,9-11-8-12(15)14-11)10-6-4-3-5-7-10/h3-7,11H,8-9H2,1-2H3,(H,14,15). The maximum Gasteiger partial charge on any atom is 0.222 e. The van der Waals surface area contributed by atoms with Crippen LogP contribution in [0, 0.1) is 0 Å². The molecule has 1 unspecified atom stereocenters. The third-order valence-corrected chi connectivity index (χ3v) is 3.11. The number of rotatable bonds is 3. The Labute approximate surface area is 90.7 Å². The van der Waals surface area contributed by atoms with Crippen LogP contribution < -0.4 is 5.32 Å². The minimum Gasteiger partial charge on any atom is -0.353 e. The Morgan fingerprint density at radius 1 is 1.33 bits per heavy atom. The average molecular weight is 203 g/mol. The number of carbonyl (C=O) groups is 1. The van der Waals surface area contributed by atoms with Gasteiger partial charge in [0.05, 0.1) is 0 Å². The molecule has 1 fully saturated rings. The maximum atomic E-state index is 10.8. The Balaban J connectivity index is 2.03. The molecular formula is C13H17NO. The molecule has 1 saturated heterocycles. The monoisotopic (exact) mass is 203 g/mol. The van der Waals surface area contributed by atoms with E-state index in [1.807, 2.05) is 6.07 Å². The molecule has 1 heterocycles. The molecule has 0 radical (unpaired) electrons. The molecule has 2 rings (SSSR count). The summed E-state index contributed by atoms with van der Waals surface area (Å²) in [4.78, 5) is 10.8. The summed E-state index contributed by atoms with van der Waals surface area (Å²) in [5.74, 6) is 0.184. The second-order valence-corrected chi connectivity index (χ2v) is 4.92. The highest BCUT2D eigenvalue weighted by Crippen LogP contribution is 2.30. The molecule has 1 N–H and O–H groups in total. The predicted octanol–water partition coefficient (Wildman–Crippen LogP) is 2.24. The maximum absolute atomic E-state index is 10.8. The molecule has 1 aliphatic heterocycles. The van der Waals surface area contributed by atoms with E-state index in [4.69, 9.17) is 0 Å².